The average molecular weight is 263 g/mol. The van der Waals surface area contributed by atoms with E-state index in [1.165, 1.54) is 25.6 Å². The highest BCUT2D eigenvalue weighted by molar-refractivity contribution is 7.12. The summed E-state index contributed by atoms with van der Waals surface area (Å²) in [5.74, 6) is 0.818. The summed E-state index contributed by atoms with van der Waals surface area (Å²) < 4.78 is 10.3. The van der Waals surface area contributed by atoms with E-state index in [1.807, 2.05) is 5.38 Å². The maximum atomic E-state index is 12.4. The molecule has 18 heavy (non-hydrogen) atoms. The van der Waals surface area contributed by atoms with Gasteiger partial charge >= 0.3 is 0 Å². The van der Waals surface area contributed by atoms with E-state index in [0.29, 0.717) is 27.6 Å². The van der Waals surface area contributed by atoms with Gasteiger partial charge in [0.15, 0.2) is 5.75 Å². The van der Waals surface area contributed by atoms with E-state index in [9.17, 15) is 4.79 Å². The van der Waals surface area contributed by atoms with Crippen LogP contribution in [0.25, 0.3) is 0 Å². The fourth-order valence-corrected chi connectivity index (χ4v) is 2.52. The number of anilines is 1. The Morgan fingerprint density at radius 1 is 1.22 bits per heavy atom. The molecule has 0 aliphatic carbocycles. The number of rotatable bonds is 4. The first kappa shape index (κ1) is 12.4. The number of hydrogen-bond acceptors (Lipinski definition) is 5. The van der Waals surface area contributed by atoms with Gasteiger partial charge in [0.25, 0.3) is 0 Å². The van der Waals surface area contributed by atoms with Gasteiger partial charge in [0, 0.05) is 0 Å². The third kappa shape index (κ3) is 2.04. The molecule has 5 heteroatoms. The summed E-state index contributed by atoms with van der Waals surface area (Å²) in [5.41, 5.74) is 6.67. The molecule has 0 aliphatic heterocycles. The monoisotopic (exact) mass is 263 g/mol. The highest BCUT2D eigenvalue weighted by Gasteiger charge is 2.20. The fraction of sp³-hybridized carbons (Fsp3) is 0.154. The summed E-state index contributed by atoms with van der Waals surface area (Å²) in [6, 6.07) is 6.87. The van der Waals surface area contributed by atoms with E-state index < -0.39 is 0 Å². The normalized spacial score (nSPS) is 10.1. The van der Waals surface area contributed by atoms with Gasteiger partial charge < -0.3 is 15.2 Å². The Morgan fingerprint density at radius 2 is 2.00 bits per heavy atom. The molecule has 0 aliphatic rings. The van der Waals surface area contributed by atoms with Crippen molar-refractivity contribution in [1.29, 1.82) is 0 Å². The Kier molecular flexibility index (Phi) is 3.53. The van der Waals surface area contributed by atoms with Crippen LogP contribution in [0.15, 0.2) is 29.6 Å². The van der Waals surface area contributed by atoms with Gasteiger partial charge in [-0.2, -0.15) is 0 Å². The number of ether oxygens (including phenoxy) is 2. The predicted molar refractivity (Wildman–Crippen MR) is 71.7 cm³/mol. The molecular formula is C13H13NO3S. The van der Waals surface area contributed by atoms with Crippen molar-refractivity contribution in [1.82, 2.24) is 0 Å². The quantitative estimate of drug-likeness (QED) is 0.680. The lowest BCUT2D eigenvalue weighted by atomic mass is 10.1. The first-order valence-corrected chi connectivity index (χ1v) is 6.15. The van der Waals surface area contributed by atoms with Crippen LogP contribution in [0.3, 0.4) is 0 Å². The smallest absolute Gasteiger partial charge is 0.210 e. The molecule has 0 bridgehead atoms. The molecule has 94 valence electrons. The summed E-state index contributed by atoms with van der Waals surface area (Å²) in [4.78, 5) is 13.0. The third-order valence-electron chi connectivity index (χ3n) is 2.55. The van der Waals surface area contributed by atoms with E-state index in [1.54, 1.807) is 24.3 Å². The van der Waals surface area contributed by atoms with Gasteiger partial charge in [-0.05, 0) is 23.6 Å². The van der Waals surface area contributed by atoms with Crippen LogP contribution < -0.4 is 15.2 Å². The number of carbonyl (C=O) groups excluding carboxylic acids is 1. The molecule has 1 aromatic heterocycles. The standard InChI is InChI=1S/C13H13NO3S/c1-16-10-6-7-18-13(10)11(15)8-4-3-5-9(14)12(8)17-2/h3-7H,14H2,1-2H3. The van der Waals surface area contributed by atoms with Crippen LogP contribution in [0.5, 0.6) is 11.5 Å². The summed E-state index contributed by atoms with van der Waals surface area (Å²) in [7, 11) is 3.03. The van der Waals surface area contributed by atoms with Crippen molar-refractivity contribution in [2.24, 2.45) is 0 Å². The lowest BCUT2D eigenvalue weighted by Gasteiger charge is -2.09. The molecule has 2 aromatic rings. The minimum absolute atomic E-state index is 0.147. The van der Waals surface area contributed by atoms with Crippen LogP contribution in [0.4, 0.5) is 5.69 Å². The fourth-order valence-electron chi connectivity index (χ4n) is 1.71. The van der Waals surface area contributed by atoms with E-state index in [0.717, 1.165) is 0 Å². The predicted octanol–water partition coefficient (Wildman–Crippen LogP) is 2.58. The first-order chi connectivity index (χ1) is 8.69. The molecule has 0 saturated carbocycles. The van der Waals surface area contributed by atoms with Crippen LogP contribution >= 0.6 is 11.3 Å². The number of ketones is 1. The molecule has 0 fully saturated rings. The van der Waals surface area contributed by atoms with Crippen LogP contribution in [-0.2, 0) is 0 Å². The minimum Gasteiger partial charge on any atom is -0.495 e. The van der Waals surface area contributed by atoms with Crippen molar-refractivity contribution in [2.75, 3.05) is 20.0 Å². The Bertz CT molecular complexity index is 577. The summed E-state index contributed by atoms with van der Waals surface area (Å²) in [6.07, 6.45) is 0. The average Bonchev–Trinajstić information content (AvgIpc) is 2.85. The van der Waals surface area contributed by atoms with E-state index >= 15 is 0 Å². The number of carbonyl (C=O) groups is 1. The molecule has 2 rings (SSSR count). The molecular weight excluding hydrogens is 250 g/mol. The highest BCUT2D eigenvalue weighted by atomic mass is 32.1. The number of nitrogens with two attached hydrogens (primary N) is 1. The van der Waals surface area contributed by atoms with Crippen molar-refractivity contribution < 1.29 is 14.3 Å². The molecule has 0 unspecified atom stereocenters. The van der Waals surface area contributed by atoms with Crippen molar-refractivity contribution in [3.63, 3.8) is 0 Å². The van der Waals surface area contributed by atoms with Crippen LogP contribution in [0.1, 0.15) is 15.2 Å². The molecule has 0 atom stereocenters. The molecule has 0 saturated heterocycles. The Balaban J connectivity index is 2.50. The Labute approximate surface area is 109 Å². The molecule has 0 spiro atoms. The number of nitrogen functional groups attached to an aromatic ring is 1. The van der Waals surface area contributed by atoms with Crippen molar-refractivity contribution in [3.8, 4) is 11.5 Å². The summed E-state index contributed by atoms with van der Waals surface area (Å²) in [5, 5.41) is 1.81. The number of hydrogen-bond donors (Lipinski definition) is 1. The van der Waals surface area contributed by atoms with Crippen molar-refractivity contribution >= 4 is 22.8 Å². The Hall–Kier alpha value is -2.01. The Morgan fingerprint density at radius 3 is 2.67 bits per heavy atom. The van der Waals surface area contributed by atoms with E-state index in [-0.39, 0.29) is 5.78 Å². The number of para-hydroxylation sites is 1. The molecule has 2 N–H and O–H groups in total. The second-order valence-electron chi connectivity index (χ2n) is 3.58. The zero-order valence-electron chi connectivity index (χ0n) is 10.1. The SMILES string of the molecule is COc1ccsc1C(=O)c1cccc(N)c1OC. The third-order valence-corrected chi connectivity index (χ3v) is 3.44. The topological polar surface area (TPSA) is 61.5 Å². The first-order valence-electron chi connectivity index (χ1n) is 5.27. The van der Waals surface area contributed by atoms with E-state index in [2.05, 4.69) is 0 Å². The molecule has 0 radical (unpaired) electrons. The van der Waals surface area contributed by atoms with E-state index in [4.69, 9.17) is 15.2 Å². The minimum atomic E-state index is -0.147. The number of benzene rings is 1. The number of methoxy groups -OCH3 is 2. The highest BCUT2D eigenvalue weighted by Crippen LogP contribution is 2.32. The maximum Gasteiger partial charge on any atom is 0.210 e. The van der Waals surface area contributed by atoms with Gasteiger partial charge in [0.1, 0.15) is 10.6 Å². The summed E-state index contributed by atoms with van der Waals surface area (Å²) in [6.45, 7) is 0. The molecule has 1 aromatic carbocycles. The summed E-state index contributed by atoms with van der Waals surface area (Å²) >= 11 is 1.33. The zero-order chi connectivity index (χ0) is 13.1. The van der Waals surface area contributed by atoms with Crippen molar-refractivity contribution in [2.45, 2.75) is 0 Å². The van der Waals surface area contributed by atoms with Crippen LogP contribution in [-0.4, -0.2) is 20.0 Å². The van der Waals surface area contributed by atoms with Gasteiger partial charge in [0.2, 0.25) is 5.78 Å². The maximum absolute atomic E-state index is 12.4. The van der Waals surface area contributed by atoms with Gasteiger partial charge in [-0.1, -0.05) is 6.07 Å². The van der Waals surface area contributed by atoms with Crippen LogP contribution in [0, 0.1) is 0 Å². The van der Waals surface area contributed by atoms with Gasteiger partial charge in [-0.3, -0.25) is 4.79 Å². The lowest BCUT2D eigenvalue weighted by molar-refractivity contribution is 0.103. The number of thiophene rings is 1. The van der Waals surface area contributed by atoms with Crippen LogP contribution in [0.2, 0.25) is 0 Å². The van der Waals surface area contributed by atoms with Gasteiger partial charge in [-0.25, -0.2) is 0 Å². The lowest BCUT2D eigenvalue weighted by Crippen LogP contribution is -2.05. The molecule has 0 amide bonds. The molecule has 1 heterocycles. The largest absolute Gasteiger partial charge is 0.495 e. The van der Waals surface area contributed by atoms with Gasteiger partial charge in [-0.15, -0.1) is 11.3 Å². The van der Waals surface area contributed by atoms with Crippen molar-refractivity contribution in [3.05, 3.63) is 40.1 Å². The second-order valence-corrected chi connectivity index (χ2v) is 4.49. The second kappa shape index (κ2) is 5.10. The molecule has 4 nitrogen and oxygen atoms in total. The van der Waals surface area contributed by atoms with Gasteiger partial charge in [0.05, 0.1) is 25.5 Å². The zero-order valence-corrected chi connectivity index (χ0v) is 10.9.